The lowest BCUT2D eigenvalue weighted by atomic mass is 10.0. The molecule has 0 saturated heterocycles. The van der Waals surface area contributed by atoms with Gasteiger partial charge in [0, 0.05) is 32.5 Å². The van der Waals surface area contributed by atoms with Crippen molar-refractivity contribution >= 4 is 73.5 Å². The van der Waals surface area contributed by atoms with Gasteiger partial charge in [-0.05, 0) is 29.6 Å². The van der Waals surface area contributed by atoms with E-state index >= 15 is 0 Å². The molecule has 4 aromatic rings. The van der Waals surface area contributed by atoms with E-state index < -0.39 is 16.0 Å². The first-order valence-electron chi connectivity index (χ1n) is 9.83. The number of rotatable bonds is 8. The fourth-order valence-electron chi connectivity index (χ4n) is 3.46. The molecule has 0 amide bonds. The molecule has 4 N–H and O–H groups in total. The number of thiophene rings is 1. The number of carboxylic acids is 1. The van der Waals surface area contributed by atoms with Crippen LogP contribution in [0.3, 0.4) is 0 Å². The Balaban J connectivity index is 1.84. The van der Waals surface area contributed by atoms with Crippen LogP contribution in [0.15, 0.2) is 81.9 Å². The van der Waals surface area contributed by atoms with Crippen molar-refractivity contribution < 1.29 is 18.3 Å². The second-order valence-electron chi connectivity index (χ2n) is 7.03. The third-order valence-electron chi connectivity index (χ3n) is 4.99. The number of hydrogen-bond donors (Lipinski definition) is 3. The van der Waals surface area contributed by atoms with E-state index in [0.717, 1.165) is 27.1 Å². The highest BCUT2D eigenvalue weighted by Gasteiger charge is 2.26. The zero-order valence-corrected chi connectivity index (χ0v) is 20.1. The van der Waals surface area contributed by atoms with Crippen LogP contribution in [-0.2, 0) is 10.0 Å². The predicted octanol–water partition coefficient (Wildman–Crippen LogP) is 5.81. The number of carboxylic acid groups (broad SMARTS) is 1. The number of nitrogens with one attached hydrogen (secondary N) is 1. The molecule has 0 spiro atoms. The summed E-state index contributed by atoms with van der Waals surface area (Å²) >= 11 is 2.18. The molecule has 7 nitrogen and oxygen atoms in total. The van der Waals surface area contributed by atoms with Gasteiger partial charge < -0.3 is 10.8 Å². The van der Waals surface area contributed by atoms with E-state index in [2.05, 4.69) is 22.9 Å². The molecule has 0 saturated carbocycles. The largest absolute Gasteiger partial charge is 0.477 e. The van der Waals surface area contributed by atoms with E-state index in [1.807, 2.05) is 30.3 Å². The van der Waals surface area contributed by atoms with Gasteiger partial charge in [0.25, 0.3) is 10.0 Å². The zero-order valence-electron chi connectivity index (χ0n) is 17.7. The molecule has 0 fully saturated rings. The van der Waals surface area contributed by atoms with Crippen LogP contribution in [0, 0.1) is 0 Å². The fourth-order valence-corrected chi connectivity index (χ4v) is 6.84. The monoisotopic (exact) mass is 509 g/mol. The first-order chi connectivity index (χ1) is 16.3. The van der Waals surface area contributed by atoms with E-state index in [9.17, 15) is 18.3 Å². The minimum atomic E-state index is -4.21. The maximum Gasteiger partial charge on any atom is 0.347 e. The quantitative estimate of drug-likeness (QED) is 0.256. The van der Waals surface area contributed by atoms with Crippen LogP contribution in [0.5, 0.6) is 0 Å². The number of nitrogens with zero attached hydrogens (tertiary/aromatic N) is 1. The Morgan fingerprint density at radius 1 is 1.12 bits per heavy atom. The summed E-state index contributed by atoms with van der Waals surface area (Å²) in [5, 5.41) is 11.7. The van der Waals surface area contributed by atoms with Gasteiger partial charge in [0.1, 0.15) is 9.77 Å². The van der Waals surface area contributed by atoms with Gasteiger partial charge in [-0.25, -0.2) is 13.2 Å². The first kappa shape index (κ1) is 23.6. The van der Waals surface area contributed by atoms with Gasteiger partial charge in [-0.15, -0.1) is 11.3 Å². The van der Waals surface area contributed by atoms with Gasteiger partial charge >= 0.3 is 5.97 Å². The standard InChI is InChI=1S/C24H19N3O4S3/c1-3-15-16(4-2)21(25)19(33-18-9-5-7-14-8-6-11-26-22(14)18)13-17(15)27-34(30,31)20-10-12-32-23(20)24(28)29/h3-13,27H,1-2,25H2,(H,28,29). The van der Waals surface area contributed by atoms with E-state index in [1.165, 1.54) is 35.4 Å². The molecule has 0 unspecified atom stereocenters. The molecular weight excluding hydrogens is 490 g/mol. The Morgan fingerprint density at radius 2 is 1.85 bits per heavy atom. The SMILES string of the molecule is C=Cc1c(NS(=O)(=O)c2ccsc2C(=O)O)cc(Sc2cccc3cccnc23)c(N)c1C=C. The molecule has 10 heteroatoms. The fraction of sp³-hybridized carbons (Fsp3) is 0. The van der Waals surface area contributed by atoms with Crippen LogP contribution >= 0.6 is 23.1 Å². The lowest BCUT2D eigenvalue weighted by molar-refractivity contribution is 0.0698. The maximum atomic E-state index is 13.1. The Hall–Kier alpha value is -3.60. The summed E-state index contributed by atoms with van der Waals surface area (Å²) in [7, 11) is -4.21. The van der Waals surface area contributed by atoms with Crippen LogP contribution in [0.2, 0.25) is 0 Å². The molecule has 2 aromatic carbocycles. The van der Waals surface area contributed by atoms with Gasteiger partial charge in [0.15, 0.2) is 0 Å². The molecular formula is C24H19N3O4S3. The number of aromatic nitrogens is 1. The van der Waals surface area contributed by atoms with Crippen molar-refractivity contribution in [2.45, 2.75) is 14.7 Å². The first-order valence-corrected chi connectivity index (χ1v) is 13.0. The van der Waals surface area contributed by atoms with Crippen molar-refractivity contribution in [2.24, 2.45) is 0 Å². The van der Waals surface area contributed by atoms with E-state index in [1.54, 1.807) is 12.3 Å². The van der Waals surface area contributed by atoms with Crippen molar-refractivity contribution in [2.75, 3.05) is 10.5 Å². The number of pyridine rings is 1. The van der Waals surface area contributed by atoms with Gasteiger partial charge in [-0.2, -0.15) is 0 Å². The Labute approximate surface area is 204 Å². The summed E-state index contributed by atoms with van der Waals surface area (Å²) in [4.78, 5) is 16.8. The van der Waals surface area contributed by atoms with Crippen molar-refractivity contribution in [3.8, 4) is 0 Å². The minimum absolute atomic E-state index is 0.206. The Kier molecular flexibility index (Phi) is 6.47. The van der Waals surface area contributed by atoms with Gasteiger partial charge in [-0.1, -0.05) is 55.3 Å². The molecule has 34 heavy (non-hydrogen) atoms. The normalized spacial score (nSPS) is 11.3. The number of benzene rings is 2. The zero-order chi connectivity index (χ0) is 24.5. The van der Waals surface area contributed by atoms with Crippen molar-refractivity contribution in [3.63, 3.8) is 0 Å². The highest BCUT2D eigenvalue weighted by molar-refractivity contribution is 7.99. The molecule has 0 aliphatic rings. The number of hydrogen-bond acceptors (Lipinski definition) is 7. The number of anilines is 2. The second kappa shape index (κ2) is 9.34. The van der Waals surface area contributed by atoms with Crippen LogP contribution in [-0.4, -0.2) is 24.5 Å². The van der Waals surface area contributed by atoms with Crippen LogP contribution < -0.4 is 10.5 Å². The third kappa shape index (κ3) is 4.30. The molecule has 4 rings (SSSR count). The average Bonchev–Trinajstić information content (AvgIpc) is 3.32. The summed E-state index contributed by atoms with van der Waals surface area (Å²) in [5.41, 5.74) is 8.78. The summed E-state index contributed by atoms with van der Waals surface area (Å²) in [6.45, 7) is 7.61. The molecule has 0 atom stereocenters. The molecule has 172 valence electrons. The average molecular weight is 510 g/mol. The number of aromatic carboxylic acids is 1. The van der Waals surface area contributed by atoms with E-state index in [-0.39, 0.29) is 15.5 Å². The van der Waals surface area contributed by atoms with Gasteiger partial charge in [-0.3, -0.25) is 9.71 Å². The summed E-state index contributed by atoms with van der Waals surface area (Å²) < 4.78 is 28.7. The third-order valence-corrected chi connectivity index (χ3v) is 8.54. The summed E-state index contributed by atoms with van der Waals surface area (Å²) in [5.74, 6) is -1.32. The highest BCUT2D eigenvalue weighted by Crippen LogP contribution is 2.42. The maximum absolute atomic E-state index is 13.1. The van der Waals surface area contributed by atoms with Crippen molar-refractivity contribution in [3.05, 3.63) is 83.2 Å². The number of nitrogens with two attached hydrogens (primary N) is 1. The van der Waals surface area contributed by atoms with Crippen molar-refractivity contribution in [1.82, 2.24) is 4.98 Å². The molecule has 0 aliphatic carbocycles. The lowest BCUT2D eigenvalue weighted by Crippen LogP contribution is -2.16. The summed E-state index contributed by atoms with van der Waals surface area (Å²) in [6.07, 6.45) is 4.71. The molecule has 0 bridgehead atoms. The van der Waals surface area contributed by atoms with Crippen LogP contribution in [0.25, 0.3) is 23.1 Å². The van der Waals surface area contributed by atoms with Gasteiger partial charge in [0.2, 0.25) is 0 Å². The Morgan fingerprint density at radius 3 is 2.56 bits per heavy atom. The van der Waals surface area contributed by atoms with Crippen LogP contribution in [0.1, 0.15) is 20.8 Å². The Bertz CT molecular complexity index is 1550. The summed E-state index contributed by atoms with van der Waals surface area (Å²) in [6, 6.07) is 12.4. The number of fused-ring (bicyclic) bond motifs is 1. The molecule has 2 aromatic heterocycles. The smallest absolute Gasteiger partial charge is 0.347 e. The second-order valence-corrected chi connectivity index (χ2v) is 10.7. The van der Waals surface area contributed by atoms with E-state index in [4.69, 9.17) is 5.73 Å². The molecule has 0 radical (unpaired) electrons. The van der Waals surface area contributed by atoms with Gasteiger partial charge in [0.05, 0.1) is 16.9 Å². The van der Waals surface area contributed by atoms with Crippen molar-refractivity contribution in [1.29, 1.82) is 0 Å². The predicted molar refractivity (Wildman–Crippen MR) is 139 cm³/mol. The minimum Gasteiger partial charge on any atom is -0.477 e. The topological polar surface area (TPSA) is 122 Å². The lowest BCUT2D eigenvalue weighted by Gasteiger charge is -2.18. The molecule has 0 aliphatic heterocycles. The number of para-hydroxylation sites is 1. The molecule has 2 heterocycles. The number of nitrogen functional groups attached to an aromatic ring is 1. The van der Waals surface area contributed by atoms with E-state index in [0.29, 0.717) is 21.7 Å². The number of sulfonamides is 1. The highest BCUT2D eigenvalue weighted by atomic mass is 32.2. The number of carbonyl (C=O) groups is 1. The van der Waals surface area contributed by atoms with Crippen LogP contribution in [0.4, 0.5) is 11.4 Å².